The fraction of sp³-hybridized carbons (Fsp3) is 0.765. The molecule has 5 heteroatoms. The van der Waals surface area contributed by atoms with E-state index in [2.05, 4.69) is 27.9 Å². The number of nitrogens with zero attached hydrogens (tertiary/aromatic N) is 4. The summed E-state index contributed by atoms with van der Waals surface area (Å²) in [5.74, 6) is 3.60. The van der Waals surface area contributed by atoms with Gasteiger partial charge in [-0.25, -0.2) is 9.97 Å². The van der Waals surface area contributed by atoms with Gasteiger partial charge in [-0.1, -0.05) is 0 Å². The topological polar surface area (TPSA) is 41.5 Å². The third-order valence-electron chi connectivity index (χ3n) is 4.87. The van der Waals surface area contributed by atoms with Gasteiger partial charge in [0.25, 0.3) is 0 Å². The van der Waals surface area contributed by atoms with Crippen molar-refractivity contribution in [1.82, 2.24) is 14.9 Å². The van der Waals surface area contributed by atoms with Crippen molar-refractivity contribution >= 4 is 5.82 Å². The molecule has 1 saturated heterocycles. The van der Waals surface area contributed by atoms with Crippen LogP contribution in [0.3, 0.4) is 0 Å². The van der Waals surface area contributed by atoms with Crippen molar-refractivity contribution in [3.8, 4) is 0 Å². The average Bonchev–Trinajstić information content (AvgIpc) is 3.40. The standard InChI is InChI=1S/C17H26N4O/c1-20-8-9-22-15(11-20)12-21(10-13-2-3-13)16-6-7-18-17(19-16)14-4-5-14/h6-7,13-15H,2-5,8-12H2,1H3. The molecule has 120 valence electrons. The third-order valence-corrected chi connectivity index (χ3v) is 4.87. The van der Waals surface area contributed by atoms with Gasteiger partial charge in [0.1, 0.15) is 11.6 Å². The van der Waals surface area contributed by atoms with Crippen LogP contribution in [0.25, 0.3) is 0 Å². The second-order valence-electron chi connectivity index (χ2n) is 7.15. The number of rotatable bonds is 6. The molecule has 1 atom stereocenters. The van der Waals surface area contributed by atoms with Crippen LogP contribution in [0.1, 0.15) is 37.4 Å². The minimum absolute atomic E-state index is 0.289. The van der Waals surface area contributed by atoms with Crippen LogP contribution in [-0.2, 0) is 4.74 Å². The van der Waals surface area contributed by atoms with Gasteiger partial charge >= 0.3 is 0 Å². The minimum Gasteiger partial charge on any atom is -0.374 e. The molecule has 0 bridgehead atoms. The van der Waals surface area contributed by atoms with Gasteiger partial charge in [-0.05, 0) is 44.7 Å². The predicted octanol–water partition coefficient (Wildman–Crippen LogP) is 1.90. The van der Waals surface area contributed by atoms with Crippen molar-refractivity contribution in [3.05, 3.63) is 18.1 Å². The molecule has 2 heterocycles. The van der Waals surface area contributed by atoms with E-state index in [1.807, 2.05) is 6.20 Å². The van der Waals surface area contributed by atoms with Gasteiger partial charge in [0, 0.05) is 38.3 Å². The lowest BCUT2D eigenvalue weighted by atomic mass is 10.2. The smallest absolute Gasteiger partial charge is 0.133 e. The fourth-order valence-electron chi connectivity index (χ4n) is 3.17. The summed E-state index contributed by atoms with van der Waals surface area (Å²) < 4.78 is 5.97. The van der Waals surface area contributed by atoms with Crippen molar-refractivity contribution in [3.63, 3.8) is 0 Å². The van der Waals surface area contributed by atoms with Crippen molar-refractivity contribution in [2.24, 2.45) is 5.92 Å². The second kappa shape index (κ2) is 6.13. The molecule has 3 aliphatic rings. The van der Waals surface area contributed by atoms with Gasteiger partial charge in [-0.3, -0.25) is 0 Å². The molecule has 4 rings (SSSR count). The van der Waals surface area contributed by atoms with Crippen LogP contribution in [0.15, 0.2) is 12.3 Å². The van der Waals surface area contributed by atoms with E-state index in [1.54, 1.807) is 0 Å². The molecule has 0 spiro atoms. The molecule has 2 saturated carbocycles. The lowest BCUT2D eigenvalue weighted by Crippen LogP contribution is -2.46. The molecule has 0 N–H and O–H groups in total. The first kappa shape index (κ1) is 14.4. The van der Waals surface area contributed by atoms with Crippen LogP contribution in [0, 0.1) is 5.92 Å². The van der Waals surface area contributed by atoms with E-state index in [1.165, 1.54) is 25.7 Å². The quantitative estimate of drug-likeness (QED) is 0.803. The Kier molecular flexibility index (Phi) is 4.01. The number of likely N-dealkylation sites (N-methyl/N-ethyl adjacent to an activating group) is 1. The maximum Gasteiger partial charge on any atom is 0.133 e. The summed E-state index contributed by atoms with van der Waals surface area (Å²) >= 11 is 0. The van der Waals surface area contributed by atoms with E-state index >= 15 is 0 Å². The summed E-state index contributed by atoms with van der Waals surface area (Å²) in [6, 6.07) is 2.07. The highest BCUT2D eigenvalue weighted by molar-refractivity contribution is 5.39. The largest absolute Gasteiger partial charge is 0.374 e. The summed E-state index contributed by atoms with van der Waals surface area (Å²) in [5, 5.41) is 0. The Hall–Kier alpha value is -1.20. The molecule has 5 nitrogen and oxygen atoms in total. The molecule has 0 amide bonds. The van der Waals surface area contributed by atoms with Crippen molar-refractivity contribution in [2.75, 3.05) is 44.7 Å². The van der Waals surface area contributed by atoms with E-state index in [0.29, 0.717) is 5.92 Å². The Morgan fingerprint density at radius 2 is 2.14 bits per heavy atom. The number of ether oxygens (including phenoxy) is 1. The summed E-state index contributed by atoms with van der Waals surface area (Å²) in [6.45, 7) is 4.96. The zero-order valence-electron chi connectivity index (χ0n) is 13.4. The van der Waals surface area contributed by atoms with Gasteiger partial charge in [0.05, 0.1) is 12.7 Å². The molecule has 0 aromatic carbocycles. The molecule has 2 aliphatic carbocycles. The van der Waals surface area contributed by atoms with E-state index in [0.717, 1.165) is 50.3 Å². The van der Waals surface area contributed by atoms with Crippen LogP contribution >= 0.6 is 0 Å². The highest BCUT2D eigenvalue weighted by Gasteiger charge is 2.30. The van der Waals surface area contributed by atoms with Crippen LogP contribution in [0.4, 0.5) is 5.82 Å². The van der Waals surface area contributed by atoms with Gasteiger partial charge in [0.15, 0.2) is 0 Å². The first-order valence-electron chi connectivity index (χ1n) is 8.66. The maximum absolute atomic E-state index is 5.97. The molecule has 3 fully saturated rings. The van der Waals surface area contributed by atoms with Crippen molar-refractivity contribution < 1.29 is 4.74 Å². The van der Waals surface area contributed by atoms with Crippen LogP contribution in [0.2, 0.25) is 0 Å². The van der Waals surface area contributed by atoms with E-state index in [-0.39, 0.29) is 6.10 Å². The predicted molar refractivity (Wildman–Crippen MR) is 86.2 cm³/mol. The Labute approximate surface area is 132 Å². The summed E-state index contributed by atoms with van der Waals surface area (Å²) in [7, 11) is 2.18. The lowest BCUT2D eigenvalue weighted by Gasteiger charge is -2.34. The summed E-state index contributed by atoms with van der Waals surface area (Å²) in [5.41, 5.74) is 0. The molecule has 0 radical (unpaired) electrons. The zero-order chi connectivity index (χ0) is 14.9. The number of aromatic nitrogens is 2. The average molecular weight is 302 g/mol. The summed E-state index contributed by atoms with van der Waals surface area (Å²) in [6.07, 6.45) is 7.46. The Bertz CT molecular complexity index is 515. The monoisotopic (exact) mass is 302 g/mol. The van der Waals surface area contributed by atoms with Crippen molar-refractivity contribution in [1.29, 1.82) is 0 Å². The lowest BCUT2D eigenvalue weighted by molar-refractivity contribution is -0.0149. The van der Waals surface area contributed by atoms with E-state index < -0.39 is 0 Å². The number of morpholine rings is 1. The highest BCUT2D eigenvalue weighted by Crippen LogP contribution is 2.38. The highest BCUT2D eigenvalue weighted by atomic mass is 16.5. The number of anilines is 1. The first-order chi connectivity index (χ1) is 10.8. The maximum atomic E-state index is 5.97. The van der Waals surface area contributed by atoms with Crippen molar-refractivity contribution in [2.45, 2.75) is 37.7 Å². The molecular weight excluding hydrogens is 276 g/mol. The molecule has 1 aromatic rings. The zero-order valence-corrected chi connectivity index (χ0v) is 13.4. The van der Waals surface area contributed by atoms with E-state index in [4.69, 9.17) is 9.72 Å². The van der Waals surface area contributed by atoms with Gasteiger partial charge < -0.3 is 14.5 Å². The molecular formula is C17H26N4O. The molecule has 22 heavy (non-hydrogen) atoms. The van der Waals surface area contributed by atoms with Gasteiger partial charge in [-0.15, -0.1) is 0 Å². The Morgan fingerprint density at radius 1 is 1.27 bits per heavy atom. The SMILES string of the molecule is CN1CCOC(CN(CC2CC2)c2ccnc(C3CC3)n2)C1. The molecule has 1 aromatic heterocycles. The Morgan fingerprint density at radius 3 is 2.86 bits per heavy atom. The fourth-order valence-corrected chi connectivity index (χ4v) is 3.17. The Balaban J connectivity index is 1.48. The van der Waals surface area contributed by atoms with Crippen LogP contribution < -0.4 is 4.90 Å². The second-order valence-corrected chi connectivity index (χ2v) is 7.15. The third kappa shape index (κ3) is 3.58. The van der Waals surface area contributed by atoms with Crippen LogP contribution in [0.5, 0.6) is 0 Å². The van der Waals surface area contributed by atoms with Gasteiger partial charge in [-0.2, -0.15) is 0 Å². The minimum atomic E-state index is 0.289. The van der Waals surface area contributed by atoms with Crippen LogP contribution in [-0.4, -0.2) is 60.8 Å². The number of hydrogen-bond donors (Lipinski definition) is 0. The normalized spacial score (nSPS) is 26.1. The number of hydrogen-bond acceptors (Lipinski definition) is 5. The van der Waals surface area contributed by atoms with E-state index in [9.17, 15) is 0 Å². The summed E-state index contributed by atoms with van der Waals surface area (Å²) in [4.78, 5) is 14.1. The molecule has 1 unspecified atom stereocenters. The molecule has 1 aliphatic heterocycles. The first-order valence-corrected chi connectivity index (χ1v) is 8.66. The van der Waals surface area contributed by atoms with Gasteiger partial charge in [0.2, 0.25) is 0 Å².